The zero-order chi connectivity index (χ0) is 21.3. The Kier molecular flexibility index (Phi) is 5.53. The minimum atomic E-state index is -0.294. The van der Waals surface area contributed by atoms with Crippen molar-refractivity contribution in [3.63, 3.8) is 0 Å². The smallest absolute Gasteiger partial charge is 0.258 e. The van der Waals surface area contributed by atoms with E-state index in [9.17, 15) is 19.1 Å². The van der Waals surface area contributed by atoms with Crippen molar-refractivity contribution >= 4 is 16.9 Å². The van der Waals surface area contributed by atoms with Crippen LogP contribution in [0.25, 0.3) is 11.0 Å². The molecule has 7 heteroatoms. The topological polar surface area (TPSA) is 75.4 Å². The Morgan fingerprint density at radius 1 is 1.13 bits per heavy atom. The number of carbonyl (C=O) groups excluding carboxylic acids is 1. The van der Waals surface area contributed by atoms with Gasteiger partial charge in [-0.05, 0) is 48.6 Å². The summed E-state index contributed by atoms with van der Waals surface area (Å²) in [7, 11) is 0. The molecule has 1 aromatic carbocycles. The summed E-state index contributed by atoms with van der Waals surface area (Å²) >= 11 is 0. The number of hydrogen-bond acceptors (Lipinski definition) is 4. The van der Waals surface area contributed by atoms with Crippen LogP contribution in [0.15, 0.2) is 41.3 Å². The molecular formula is C23H24FN3O3. The van der Waals surface area contributed by atoms with Crippen LogP contribution in [0.2, 0.25) is 0 Å². The van der Waals surface area contributed by atoms with E-state index in [1.165, 1.54) is 12.1 Å². The van der Waals surface area contributed by atoms with Crippen molar-refractivity contribution in [2.45, 2.75) is 39.2 Å². The average Bonchev–Trinajstić information content (AvgIpc) is 3.15. The van der Waals surface area contributed by atoms with E-state index in [4.69, 9.17) is 0 Å². The zero-order valence-electron chi connectivity index (χ0n) is 16.9. The van der Waals surface area contributed by atoms with Crippen molar-refractivity contribution in [3.8, 4) is 5.75 Å². The molecule has 6 nitrogen and oxygen atoms in total. The molecule has 0 bridgehead atoms. The van der Waals surface area contributed by atoms with Gasteiger partial charge in [-0.1, -0.05) is 19.1 Å². The molecule has 3 aromatic rings. The van der Waals surface area contributed by atoms with Crippen LogP contribution >= 0.6 is 0 Å². The molecule has 2 aromatic heterocycles. The number of aromatic nitrogens is 2. The van der Waals surface area contributed by atoms with Crippen molar-refractivity contribution in [1.82, 2.24) is 14.5 Å². The number of hydrogen-bond donors (Lipinski definition) is 1. The molecule has 0 unspecified atom stereocenters. The van der Waals surface area contributed by atoms with Gasteiger partial charge in [0.05, 0.1) is 11.1 Å². The molecule has 0 saturated carbocycles. The Balaban J connectivity index is 1.75. The molecule has 1 aliphatic heterocycles. The minimum Gasteiger partial charge on any atom is -0.505 e. The first-order valence-electron chi connectivity index (χ1n) is 10.2. The summed E-state index contributed by atoms with van der Waals surface area (Å²) < 4.78 is 14.8. The fourth-order valence-corrected chi connectivity index (χ4v) is 4.04. The quantitative estimate of drug-likeness (QED) is 0.679. The number of aromatic hydroxyl groups is 1. The summed E-state index contributed by atoms with van der Waals surface area (Å²) in [6, 6.07) is 8.09. The van der Waals surface area contributed by atoms with Crippen LogP contribution in [-0.4, -0.2) is 38.6 Å². The number of benzene rings is 1. The van der Waals surface area contributed by atoms with E-state index >= 15 is 0 Å². The van der Waals surface area contributed by atoms with E-state index < -0.39 is 0 Å². The first-order valence-corrected chi connectivity index (χ1v) is 10.2. The molecule has 1 amide bonds. The third-order valence-electron chi connectivity index (χ3n) is 5.67. The predicted octanol–water partition coefficient (Wildman–Crippen LogP) is 3.02. The monoisotopic (exact) mass is 409 g/mol. The number of likely N-dealkylation sites (tertiary alicyclic amines) is 1. The van der Waals surface area contributed by atoms with Crippen molar-refractivity contribution in [1.29, 1.82) is 0 Å². The van der Waals surface area contributed by atoms with Gasteiger partial charge in [-0.25, -0.2) is 4.39 Å². The van der Waals surface area contributed by atoms with Crippen LogP contribution < -0.4 is 5.56 Å². The van der Waals surface area contributed by atoms with Gasteiger partial charge in [-0.2, -0.15) is 0 Å². The summed E-state index contributed by atoms with van der Waals surface area (Å²) in [5, 5.41) is 10.6. The number of amides is 1. The molecular weight excluding hydrogens is 385 g/mol. The molecule has 0 spiro atoms. The van der Waals surface area contributed by atoms with Crippen LogP contribution in [0.3, 0.4) is 0 Å². The molecule has 4 rings (SSSR count). The van der Waals surface area contributed by atoms with Gasteiger partial charge in [-0.15, -0.1) is 0 Å². The first kappa shape index (κ1) is 20.1. The lowest BCUT2D eigenvalue weighted by atomic mass is 10.0. The van der Waals surface area contributed by atoms with E-state index in [0.717, 1.165) is 17.5 Å². The molecule has 0 aliphatic carbocycles. The molecule has 1 saturated heterocycles. The summed E-state index contributed by atoms with van der Waals surface area (Å²) in [6.07, 6.45) is 3.98. The van der Waals surface area contributed by atoms with Gasteiger partial charge in [0, 0.05) is 32.3 Å². The summed E-state index contributed by atoms with van der Waals surface area (Å²) in [4.78, 5) is 31.2. The molecule has 30 heavy (non-hydrogen) atoms. The maximum atomic E-state index is 13.2. The third-order valence-corrected chi connectivity index (χ3v) is 5.67. The predicted molar refractivity (Wildman–Crippen MR) is 112 cm³/mol. The van der Waals surface area contributed by atoms with Crippen molar-refractivity contribution in [3.05, 3.63) is 69.4 Å². The van der Waals surface area contributed by atoms with Gasteiger partial charge < -0.3 is 14.6 Å². The molecule has 1 aliphatic rings. The highest BCUT2D eigenvalue weighted by molar-refractivity contribution is 5.83. The van der Waals surface area contributed by atoms with Gasteiger partial charge in [0.2, 0.25) is 5.91 Å². The number of halogens is 1. The number of fused-ring (bicyclic) bond motifs is 1. The summed E-state index contributed by atoms with van der Waals surface area (Å²) in [5.74, 6) is -0.269. The highest BCUT2D eigenvalue weighted by Crippen LogP contribution is 2.26. The van der Waals surface area contributed by atoms with E-state index in [1.807, 2.05) is 13.0 Å². The second-order valence-electron chi connectivity index (χ2n) is 7.64. The second-order valence-corrected chi connectivity index (χ2v) is 7.64. The number of nitrogens with zero attached hydrogens (tertiary/aromatic N) is 3. The van der Waals surface area contributed by atoms with E-state index in [2.05, 4.69) is 4.98 Å². The van der Waals surface area contributed by atoms with Crippen molar-refractivity contribution in [2.24, 2.45) is 0 Å². The van der Waals surface area contributed by atoms with E-state index in [-0.39, 0.29) is 23.0 Å². The first-order chi connectivity index (χ1) is 14.5. The van der Waals surface area contributed by atoms with E-state index in [0.29, 0.717) is 55.5 Å². The van der Waals surface area contributed by atoms with Crippen LogP contribution in [0.1, 0.15) is 36.5 Å². The Labute approximate surface area is 173 Å². The fraction of sp³-hybridized carbons (Fsp3) is 0.348. The van der Waals surface area contributed by atoms with Crippen LogP contribution in [0.4, 0.5) is 4.39 Å². The number of carbonyl (C=O) groups is 1. The SMILES string of the molecule is CCc1c(O)c2ncc(Cc3ccc(F)cc3)cc2n(CCN2CCCC2=O)c1=O. The maximum Gasteiger partial charge on any atom is 0.258 e. The van der Waals surface area contributed by atoms with Crippen LogP contribution in [0, 0.1) is 5.82 Å². The Hall–Kier alpha value is -3.22. The Morgan fingerprint density at radius 2 is 1.90 bits per heavy atom. The molecule has 156 valence electrons. The van der Waals surface area contributed by atoms with Crippen LogP contribution in [0.5, 0.6) is 5.75 Å². The van der Waals surface area contributed by atoms with Gasteiger partial charge >= 0.3 is 0 Å². The lowest BCUT2D eigenvalue weighted by molar-refractivity contribution is -0.127. The normalized spacial score (nSPS) is 14.1. The van der Waals surface area contributed by atoms with Crippen LogP contribution in [-0.2, 0) is 24.2 Å². The molecule has 1 N–H and O–H groups in total. The lowest BCUT2D eigenvalue weighted by Crippen LogP contribution is -2.33. The average molecular weight is 409 g/mol. The zero-order valence-corrected chi connectivity index (χ0v) is 16.9. The summed E-state index contributed by atoms with van der Waals surface area (Å²) in [6.45, 7) is 3.32. The Bertz CT molecular complexity index is 1160. The molecule has 0 radical (unpaired) electrons. The van der Waals surface area contributed by atoms with Gasteiger partial charge in [0.25, 0.3) is 5.56 Å². The van der Waals surface area contributed by atoms with Crippen molar-refractivity contribution in [2.75, 3.05) is 13.1 Å². The third kappa shape index (κ3) is 3.79. The highest BCUT2D eigenvalue weighted by Gasteiger charge is 2.22. The lowest BCUT2D eigenvalue weighted by Gasteiger charge is -2.19. The Morgan fingerprint density at radius 3 is 2.57 bits per heavy atom. The van der Waals surface area contributed by atoms with E-state index in [1.54, 1.807) is 27.8 Å². The summed E-state index contributed by atoms with van der Waals surface area (Å²) in [5.41, 5.74) is 2.76. The largest absolute Gasteiger partial charge is 0.505 e. The van der Waals surface area contributed by atoms with Gasteiger partial charge in [-0.3, -0.25) is 14.6 Å². The molecule has 1 fully saturated rings. The standard InChI is InChI=1S/C23H24FN3O3/c1-2-18-22(29)21-19(27(23(18)30)11-10-26-9-3-4-20(26)28)13-16(14-25-21)12-15-5-7-17(24)8-6-15/h5-8,13-14,29H,2-4,9-12H2,1H3. The second kappa shape index (κ2) is 8.26. The fourth-order valence-electron chi connectivity index (χ4n) is 4.04. The molecule has 3 heterocycles. The number of pyridine rings is 2. The van der Waals surface area contributed by atoms with Gasteiger partial charge in [0.15, 0.2) is 5.75 Å². The highest BCUT2D eigenvalue weighted by atomic mass is 19.1. The van der Waals surface area contributed by atoms with Gasteiger partial charge in [0.1, 0.15) is 11.3 Å². The van der Waals surface area contributed by atoms with Crippen molar-refractivity contribution < 1.29 is 14.3 Å². The maximum absolute atomic E-state index is 13.2. The minimum absolute atomic E-state index is 0.0840. The molecule has 0 atom stereocenters. The number of rotatable bonds is 6.